The highest BCUT2D eigenvalue weighted by Crippen LogP contribution is 2.44. The second kappa shape index (κ2) is 8.48. The fourth-order valence-corrected chi connectivity index (χ4v) is 5.55. The van der Waals surface area contributed by atoms with Gasteiger partial charge in [0.25, 0.3) is 0 Å². The molecule has 36 heavy (non-hydrogen) atoms. The van der Waals surface area contributed by atoms with Gasteiger partial charge in [-0.05, 0) is 72.4 Å². The van der Waals surface area contributed by atoms with E-state index >= 15 is 0 Å². The molecule has 7 rings (SSSR count). The molecule has 6 aromatic carbocycles. The topological polar surface area (TPSA) is 12.9 Å². The summed E-state index contributed by atoms with van der Waals surface area (Å²) in [6.07, 6.45) is 3.92. The lowest BCUT2D eigenvalue weighted by atomic mass is 9.85. The van der Waals surface area contributed by atoms with Crippen molar-refractivity contribution in [3.8, 4) is 33.4 Å². The van der Waals surface area contributed by atoms with E-state index in [9.17, 15) is 0 Å². The van der Waals surface area contributed by atoms with Crippen LogP contribution in [0.4, 0.5) is 0 Å². The van der Waals surface area contributed by atoms with Gasteiger partial charge in [-0.3, -0.25) is 4.98 Å². The number of benzene rings is 6. The molecule has 0 bridgehead atoms. The van der Waals surface area contributed by atoms with E-state index in [1.807, 2.05) is 12.4 Å². The molecule has 0 spiro atoms. The van der Waals surface area contributed by atoms with Crippen molar-refractivity contribution in [1.82, 2.24) is 4.98 Å². The summed E-state index contributed by atoms with van der Waals surface area (Å²) < 4.78 is 0. The van der Waals surface area contributed by atoms with Gasteiger partial charge in [-0.15, -0.1) is 0 Å². The molecule has 168 valence electrons. The van der Waals surface area contributed by atoms with E-state index in [1.54, 1.807) is 0 Å². The van der Waals surface area contributed by atoms with E-state index in [4.69, 9.17) is 0 Å². The van der Waals surface area contributed by atoms with E-state index in [1.165, 1.54) is 65.7 Å². The highest BCUT2D eigenvalue weighted by atomic mass is 14.6. The molecule has 0 aliphatic heterocycles. The highest BCUT2D eigenvalue weighted by Gasteiger charge is 2.17. The van der Waals surface area contributed by atoms with Gasteiger partial charge >= 0.3 is 0 Å². The van der Waals surface area contributed by atoms with Crippen molar-refractivity contribution in [2.45, 2.75) is 0 Å². The minimum absolute atomic E-state index is 1.17. The molecule has 0 aliphatic rings. The number of nitrogens with zero attached hydrogens (tertiary/aromatic N) is 1. The van der Waals surface area contributed by atoms with E-state index < -0.39 is 0 Å². The SMILES string of the molecule is c1ccc(-c2c3ccc(-c4cccc5ccccc45)cc3c(-c3ccccc3)c3ccncc23)cc1. The van der Waals surface area contributed by atoms with Crippen LogP contribution in [0.15, 0.2) is 140 Å². The molecule has 1 aromatic heterocycles. The monoisotopic (exact) mass is 457 g/mol. The van der Waals surface area contributed by atoms with Gasteiger partial charge in [0.05, 0.1) is 0 Å². The first-order valence-corrected chi connectivity index (χ1v) is 12.3. The number of rotatable bonds is 3. The van der Waals surface area contributed by atoms with Crippen LogP contribution in [0.3, 0.4) is 0 Å². The van der Waals surface area contributed by atoms with Crippen molar-refractivity contribution in [1.29, 1.82) is 0 Å². The lowest BCUT2D eigenvalue weighted by Crippen LogP contribution is -1.92. The normalized spacial score (nSPS) is 11.3. The zero-order valence-corrected chi connectivity index (χ0v) is 19.7. The standard InChI is InChI=1S/C35H23N/c1-3-11-25(12-4-1)34-31-20-21-36-23-33(31)35(26-13-5-2-6-14-26)30-19-18-27(22-32(30)34)29-17-9-15-24-10-7-8-16-28(24)29/h1-23H. The van der Waals surface area contributed by atoms with Crippen LogP contribution >= 0.6 is 0 Å². The van der Waals surface area contributed by atoms with E-state index in [2.05, 4.69) is 132 Å². The third-order valence-corrected chi connectivity index (χ3v) is 7.14. The lowest BCUT2D eigenvalue weighted by molar-refractivity contribution is 1.37. The van der Waals surface area contributed by atoms with Crippen LogP contribution in [-0.2, 0) is 0 Å². The first-order valence-electron chi connectivity index (χ1n) is 12.3. The fourth-order valence-electron chi connectivity index (χ4n) is 5.55. The summed E-state index contributed by atoms with van der Waals surface area (Å²) in [5.41, 5.74) is 7.39. The van der Waals surface area contributed by atoms with Gasteiger partial charge in [0.1, 0.15) is 0 Å². The Kier molecular flexibility index (Phi) is 4.85. The maximum absolute atomic E-state index is 4.54. The average Bonchev–Trinajstić information content (AvgIpc) is 2.96. The fraction of sp³-hybridized carbons (Fsp3) is 0. The summed E-state index contributed by atoms with van der Waals surface area (Å²) in [5, 5.41) is 7.42. The molecular formula is C35H23N. The number of hydrogen-bond donors (Lipinski definition) is 0. The van der Waals surface area contributed by atoms with Gasteiger partial charge in [-0.25, -0.2) is 0 Å². The molecule has 0 fully saturated rings. The zero-order chi connectivity index (χ0) is 23.9. The predicted molar refractivity (Wildman–Crippen MR) is 153 cm³/mol. The molecule has 0 saturated heterocycles. The predicted octanol–water partition coefficient (Wildman–Crippen LogP) is 9.54. The van der Waals surface area contributed by atoms with Crippen LogP contribution in [0.5, 0.6) is 0 Å². The summed E-state index contributed by atoms with van der Waals surface area (Å²) >= 11 is 0. The van der Waals surface area contributed by atoms with Gasteiger partial charge in [-0.1, -0.05) is 115 Å². The Morgan fingerprint density at radius 1 is 0.389 bits per heavy atom. The first-order chi connectivity index (χ1) is 17.9. The van der Waals surface area contributed by atoms with Gasteiger partial charge in [0.2, 0.25) is 0 Å². The first kappa shape index (κ1) is 20.6. The van der Waals surface area contributed by atoms with Crippen LogP contribution in [0.1, 0.15) is 0 Å². The molecule has 0 saturated carbocycles. The summed E-state index contributed by atoms with van der Waals surface area (Å²) in [5.74, 6) is 0. The molecule has 0 radical (unpaired) electrons. The molecule has 0 unspecified atom stereocenters. The van der Waals surface area contributed by atoms with Crippen molar-refractivity contribution in [2.24, 2.45) is 0 Å². The molecule has 1 heterocycles. The number of pyridine rings is 1. The molecule has 1 nitrogen and oxygen atoms in total. The molecule has 7 aromatic rings. The summed E-state index contributed by atoms with van der Waals surface area (Å²) in [6, 6.07) is 45.7. The van der Waals surface area contributed by atoms with E-state index in [0.29, 0.717) is 0 Å². The lowest BCUT2D eigenvalue weighted by Gasteiger charge is -2.18. The Morgan fingerprint density at radius 3 is 1.81 bits per heavy atom. The highest BCUT2D eigenvalue weighted by molar-refractivity contribution is 6.22. The van der Waals surface area contributed by atoms with E-state index in [-0.39, 0.29) is 0 Å². The number of fused-ring (bicyclic) bond motifs is 3. The summed E-state index contributed by atoms with van der Waals surface area (Å²) in [6.45, 7) is 0. The summed E-state index contributed by atoms with van der Waals surface area (Å²) in [4.78, 5) is 4.54. The van der Waals surface area contributed by atoms with Crippen LogP contribution in [0.2, 0.25) is 0 Å². The Balaban J connectivity index is 1.64. The molecule has 1 heteroatoms. The van der Waals surface area contributed by atoms with Crippen LogP contribution < -0.4 is 0 Å². The third kappa shape index (κ3) is 3.29. The average molecular weight is 458 g/mol. The van der Waals surface area contributed by atoms with Crippen molar-refractivity contribution in [3.05, 3.63) is 140 Å². The molecule has 0 N–H and O–H groups in total. The second-order valence-electron chi connectivity index (χ2n) is 9.19. The molecule has 0 atom stereocenters. The van der Waals surface area contributed by atoms with Crippen molar-refractivity contribution >= 4 is 32.3 Å². The van der Waals surface area contributed by atoms with Crippen molar-refractivity contribution in [2.75, 3.05) is 0 Å². The van der Waals surface area contributed by atoms with Crippen molar-refractivity contribution < 1.29 is 0 Å². The van der Waals surface area contributed by atoms with Crippen LogP contribution in [0.25, 0.3) is 65.7 Å². The molecule has 0 aliphatic carbocycles. The largest absolute Gasteiger partial charge is 0.264 e. The number of hydrogen-bond acceptors (Lipinski definition) is 1. The van der Waals surface area contributed by atoms with Gasteiger partial charge < -0.3 is 0 Å². The Labute approximate surface area is 210 Å². The third-order valence-electron chi connectivity index (χ3n) is 7.14. The maximum atomic E-state index is 4.54. The van der Waals surface area contributed by atoms with Crippen LogP contribution in [-0.4, -0.2) is 4.98 Å². The Morgan fingerprint density at radius 2 is 1.03 bits per heavy atom. The smallest absolute Gasteiger partial charge is 0.0353 e. The van der Waals surface area contributed by atoms with E-state index in [0.717, 1.165) is 0 Å². The van der Waals surface area contributed by atoms with Crippen LogP contribution in [0, 0.1) is 0 Å². The molecular weight excluding hydrogens is 434 g/mol. The van der Waals surface area contributed by atoms with Gasteiger partial charge in [0.15, 0.2) is 0 Å². The maximum Gasteiger partial charge on any atom is 0.0353 e. The Hall–Kier alpha value is -4.75. The quantitative estimate of drug-likeness (QED) is 0.241. The van der Waals surface area contributed by atoms with Gasteiger partial charge in [-0.2, -0.15) is 0 Å². The molecule has 0 amide bonds. The zero-order valence-electron chi connectivity index (χ0n) is 19.7. The second-order valence-corrected chi connectivity index (χ2v) is 9.19. The minimum atomic E-state index is 1.17. The number of aromatic nitrogens is 1. The summed E-state index contributed by atoms with van der Waals surface area (Å²) in [7, 11) is 0. The minimum Gasteiger partial charge on any atom is -0.264 e. The van der Waals surface area contributed by atoms with Crippen molar-refractivity contribution in [3.63, 3.8) is 0 Å². The van der Waals surface area contributed by atoms with Gasteiger partial charge in [0, 0.05) is 17.8 Å². The Bertz CT molecular complexity index is 1860.